The van der Waals surface area contributed by atoms with Crippen molar-refractivity contribution in [2.45, 2.75) is 27.2 Å². The lowest BCUT2D eigenvalue weighted by molar-refractivity contribution is -0.124. The van der Waals surface area contributed by atoms with Crippen molar-refractivity contribution in [1.29, 1.82) is 0 Å². The molecule has 0 spiro atoms. The number of amides is 1. The van der Waals surface area contributed by atoms with Gasteiger partial charge in [-0.2, -0.15) is 0 Å². The smallest absolute Gasteiger partial charge is 0.245 e. The highest BCUT2D eigenvalue weighted by molar-refractivity contribution is 5.77. The van der Waals surface area contributed by atoms with E-state index in [1.807, 2.05) is 20.8 Å². The first-order chi connectivity index (χ1) is 5.31. The van der Waals surface area contributed by atoms with Crippen molar-refractivity contribution in [2.24, 2.45) is 0 Å². The van der Waals surface area contributed by atoms with Crippen molar-refractivity contribution in [2.75, 3.05) is 20.3 Å². The van der Waals surface area contributed by atoms with Gasteiger partial charge >= 0.3 is 0 Å². The Morgan fingerprint density at radius 1 is 1.45 bits per heavy atom. The van der Waals surface area contributed by atoms with Crippen molar-refractivity contribution in [3.05, 3.63) is 0 Å². The van der Waals surface area contributed by atoms with Gasteiger partial charge in [-0.15, -0.1) is 0 Å². The van der Waals surface area contributed by atoms with Crippen LogP contribution in [0, 0.1) is 0 Å². The van der Waals surface area contributed by atoms with E-state index >= 15 is 0 Å². The molecule has 0 bridgehead atoms. The molecular formula is C8H19NO2. The monoisotopic (exact) mass is 161 g/mol. The summed E-state index contributed by atoms with van der Waals surface area (Å²) in [5.41, 5.74) is 0. The SMILES string of the molecule is CC.CCCNC(=O)COC. The molecule has 3 heteroatoms. The second kappa shape index (κ2) is 12.1. The van der Waals surface area contributed by atoms with E-state index in [9.17, 15) is 4.79 Å². The van der Waals surface area contributed by atoms with Crippen LogP contribution in [0.25, 0.3) is 0 Å². The first-order valence-corrected chi connectivity index (χ1v) is 4.07. The molecule has 0 saturated carbocycles. The Bertz CT molecular complexity index is 84.2. The van der Waals surface area contributed by atoms with E-state index in [1.165, 1.54) is 7.11 Å². The largest absolute Gasteiger partial charge is 0.375 e. The third-order valence-corrected chi connectivity index (χ3v) is 0.848. The number of hydrogen-bond acceptors (Lipinski definition) is 2. The van der Waals surface area contributed by atoms with Gasteiger partial charge in [0, 0.05) is 13.7 Å². The van der Waals surface area contributed by atoms with Gasteiger partial charge in [0.2, 0.25) is 5.91 Å². The van der Waals surface area contributed by atoms with Crippen LogP contribution >= 0.6 is 0 Å². The van der Waals surface area contributed by atoms with E-state index < -0.39 is 0 Å². The Balaban J connectivity index is 0. The average molecular weight is 161 g/mol. The summed E-state index contributed by atoms with van der Waals surface area (Å²) in [5, 5.41) is 2.67. The van der Waals surface area contributed by atoms with Gasteiger partial charge in [-0.25, -0.2) is 0 Å². The van der Waals surface area contributed by atoms with Crippen LogP contribution in [0.3, 0.4) is 0 Å². The summed E-state index contributed by atoms with van der Waals surface area (Å²) >= 11 is 0. The maximum atomic E-state index is 10.6. The Kier molecular flexibility index (Phi) is 14.4. The number of ether oxygens (including phenoxy) is 1. The molecule has 0 aromatic heterocycles. The molecule has 68 valence electrons. The van der Waals surface area contributed by atoms with Gasteiger partial charge < -0.3 is 10.1 Å². The Morgan fingerprint density at radius 3 is 2.36 bits per heavy atom. The lowest BCUT2D eigenvalue weighted by Gasteiger charge is -1.99. The standard InChI is InChI=1S/C6H13NO2.C2H6/c1-3-4-7-6(8)5-9-2;1-2/h3-5H2,1-2H3,(H,7,8);1-2H3. The predicted molar refractivity (Wildman–Crippen MR) is 46.5 cm³/mol. The zero-order valence-electron chi connectivity index (χ0n) is 7.94. The molecule has 0 unspecified atom stereocenters. The van der Waals surface area contributed by atoms with Crippen LogP contribution in [0.15, 0.2) is 0 Å². The molecule has 1 N–H and O–H groups in total. The second-order valence-corrected chi connectivity index (χ2v) is 1.78. The first-order valence-electron chi connectivity index (χ1n) is 4.07. The summed E-state index contributed by atoms with van der Waals surface area (Å²) in [7, 11) is 1.51. The highest BCUT2D eigenvalue weighted by Crippen LogP contribution is 1.71. The van der Waals surface area contributed by atoms with Crippen molar-refractivity contribution in [1.82, 2.24) is 5.32 Å². The summed E-state index contributed by atoms with van der Waals surface area (Å²) in [6, 6.07) is 0. The van der Waals surface area contributed by atoms with E-state index in [2.05, 4.69) is 10.1 Å². The molecule has 0 atom stereocenters. The fraction of sp³-hybridized carbons (Fsp3) is 0.875. The molecule has 1 amide bonds. The quantitative estimate of drug-likeness (QED) is 0.672. The fourth-order valence-electron chi connectivity index (χ4n) is 0.447. The fourth-order valence-corrected chi connectivity index (χ4v) is 0.447. The van der Waals surface area contributed by atoms with Gasteiger partial charge in [-0.3, -0.25) is 4.79 Å². The van der Waals surface area contributed by atoms with Crippen molar-refractivity contribution >= 4 is 5.91 Å². The van der Waals surface area contributed by atoms with Gasteiger partial charge in [0.15, 0.2) is 0 Å². The predicted octanol–water partition coefficient (Wildman–Crippen LogP) is 1.19. The zero-order valence-corrected chi connectivity index (χ0v) is 7.94. The minimum absolute atomic E-state index is 0.0423. The molecule has 0 aliphatic rings. The van der Waals surface area contributed by atoms with Gasteiger partial charge in [0.05, 0.1) is 0 Å². The van der Waals surface area contributed by atoms with Gasteiger partial charge in [0.25, 0.3) is 0 Å². The lowest BCUT2D eigenvalue weighted by Crippen LogP contribution is -2.27. The van der Waals surface area contributed by atoms with E-state index in [0.29, 0.717) is 0 Å². The maximum Gasteiger partial charge on any atom is 0.245 e. The topological polar surface area (TPSA) is 38.3 Å². The third kappa shape index (κ3) is 12.6. The number of nitrogens with one attached hydrogen (secondary N) is 1. The van der Waals surface area contributed by atoms with Crippen LogP contribution in [0.5, 0.6) is 0 Å². The molecule has 3 nitrogen and oxygen atoms in total. The summed E-state index contributed by atoms with van der Waals surface area (Å²) < 4.78 is 4.59. The molecule has 11 heavy (non-hydrogen) atoms. The van der Waals surface area contributed by atoms with Crippen molar-refractivity contribution in [3.8, 4) is 0 Å². The Labute approximate surface area is 69.1 Å². The number of methoxy groups -OCH3 is 1. The van der Waals surface area contributed by atoms with Crippen LogP contribution in [0.2, 0.25) is 0 Å². The van der Waals surface area contributed by atoms with Crippen molar-refractivity contribution < 1.29 is 9.53 Å². The van der Waals surface area contributed by atoms with Crippen LogP contribution in [-0.4, -0.2) is 26.2 Å². The molecular weight excluding hydrogens is 142 g/mol. The van der Waals surface area contributed by atoms with E-state index in [4.69, 9.17) is 0 Å². The molecule has 0 saturated heterocycles. The van der Waals surface area contributed by atoms with E-state index in [0.717, 1.165) is 13.0 Å². The number of carbonyl (C=O) groups is 1. The highest BCUT2D eigenvalue weighted by Gasteiger charge is 1.94. The molecule has 0 heterocycles. The molecule has 0 aromatic rings. The molecule has 0 aliphatic heterocycles. The first kappa shape index (κ1) is 13.1. The van der Waals surface area contributed by atoms with E-state index in [-0.39, 0.29) is 12.5 Å². The van der Waals surface area contributed by atoms with Gasteiger partial charge in [-0.1, -0.05) is 20.8 Å². The third-order valence-electron chi connectivity index (χ3n) is 0.848. The maximum absolute atomic E-state index is 10.6. The minimum atomic E-state index is -0.0423. The summed E-state index contributed by atoms with van der Waals surface area (Å²) in [4.78, 5) is 10.6. The second-order valence-electron chi connectivity index (χ2n) is 1.78. The number of hydrogen-bond donors (Lipinski definition) is 1. The van der Waals surface area contributed by atoms with Gasteiger partial charge in [-0.05, 0) is 6.42 Å². The van der Waals surface area contributed by atoms with Crippen LogP contribution in [-0.2, 0) is 9.53 Å². The van der Waals surface area contributed by atoms with Crippen LogP contribution in [0.4, 0.5) is 0 Å². The average Bonchev–Trinajstić information content (AvgIpc) is 2.05. The van der Waals surface area contributed by atoms with Crippen LogP contribution < -0.4 is 5.32 Å². The number of carbonyl (C=O) groups excluding carboxylic acids is 1. The highest BCUT2D eigenvalue weighted by atomic mass is 16.5. The number of rotatable bonds is 4. The lowest BCUT2D eigenvalue weighted by atomic mass is 10.5. The summed E-state index contributed by atoms with van der Waals surface area (Å²) in [6.07, 6.45) is 0.968. The molecule has 0 fully saturated rings. The molecule has 0 aromatic carbocycles. The van der Waals surface area contributed by atoms with Crippen molar-refractivity contribution in [3.63, 3.8) is 0 Å². The summed E-state index contributed by atoms with van der Waals surface area (Å²) in [5.74, 6) is -0.0423. The van der Waals surface area contributed by atoms with Crippen LogP contribution in [0.1, 0.15) is 27.2 Å². The molecule has 0 radical (unpaired) electrons. The Morgan fingerprint density at radius 2 is 2.00 bits per heavy atom. The minimum Gasteiger partial charge on any atom is -0.375 e. The summed E-state index contributed by atoms with van der Waals surface area (Å²) in [6.45, 7) is 6.91. The van der Waals surface area contributed by atoms with E-state index in [1.54, 1.807) is 0 Å². The zero-order chi connectivity index (χ0) is 9.11. The Hall–Kier alpha value is -0.570. The molecule has 0 aliphatic carbocycles. The van der Waals surface area contributed by atoms with Gasteiger partial charge in [0.1, 0.15) is 6.61 Å². The normalized spacial score (nSPS) is 8.00. The molecule has 0 rings (SSSR count).